The molecular weight excluding hydrogens is 289 g/mol. The van der Waals surface area contributed by atoms with Crippen molar-refractivity contribution < 1.29 is 0 Å². The zero-order valence-corrected chi connectivity index (χ0v) is 13.1. The number of allylic oxidation sites excluding steroid dienone is 4. The summed E-state index contributed by atoms with van der Waals surface area (Å²) in [6, 6.07) is 8.71. The van der Waals surface area contributed by atoms with Gasteiger partial charge < -0.3 is 5.73 Å². The fraction of sp³-hybridized carbons (Fsp3) is 0.412. The van der Waals surface area contributed by atoms with Crippen LogP contribution in [0.1, 0.15) is 49.3 Å². The number of benzene rings is 1. The molecule has 1 nitrogen and oxygen atoms in total. The van der Waals surface area contributed by atoms with Gasteiger partial charge in [0.1, 0.15) is 0 Å². The van der Waals surface area contributed by atoms with Crippen molar-refractivity contribution in [3.63, 3.8) is 0 Å². The highest BCUT2D eigenvalue weighted by molar-refractivity contribution is 6.44. The Hall–Kier alpha value is -0.760. The first-order chi connectivity index (χ1) is 9.51. The Kier molecular flexibility index (Phi) is 3.70. The van der Waals surface area contributed by atoms with E-state index in [4.69, 9.17) is 28.9 Å². The number of hydrogen-bond acceptors (Lipinski definition) is 1. The first kappa shape index (κ1) is 14.2. The van der Waals surface area contributed by atoms with Crippen molar-refractivity contribution in [2.75, 3.05) is 0 Å². The summed E-state index contributed by atoms with van der Waals surface area (Å²) in [5, 5.41) is 1.35. The van der Waals surface area contributed by atoms with Crippen molar-refractivity contribution >= 4 is 23.2 Å². The lowest BCUT2D eigenvalue weighted by atomic mass is 9.64. The predicted octanol–water partition coefficient (Wildman–Crippen LogP) is 5.22. The highest BCUT2D eigenvalue weighted by Crippen LogP contribution is 2.51. The highest BCUT2D eigenvalue weighted by atomic mass is 35.5. The number of hydrogen-bond donors (Lipinski definition) is 1. The molecule has 1 unspecified atom stereocenters. The second-order valence-corrected chi connectivity index (χ2v) is 6.93. The van der Waals surface area contributed by atoms with Gasteiger partial charge in [-0.25, -0.2) is 0 Å². The van der Waals surface area contributed by atoms with E-state index < -0.39 is 0 Å². The summed E-state index contributed by atoms with van der Waals surface area (Å²) in [4.78, 5) is 0. The highest BCUT2D eigenvalue weighted by Gasteiger charge is 2.38. The molecule has 3 atom stereocenters. The van der Waals surface area contributed by atoms with Gasteiger partial charge in [-0.2, -0.15) is 0 Å². The minimum Gasteiger partial charge on any atom is -0.324 e. The Morgan fingerprint density at radius 3 is 2.50 bits per heavy atom. The van der Waals surface area contributed by atoms with Crippen molar-refractivity contribution in [3.05, 3.63) is 57.6 Å². The molecular formula is C17H19Cl2N. The molecule has 2 N–H and O–H groups in total. The Morgan fingerprint density at radius 1 is 1.10 bits per heavy atom. The molecule has 2 aliphatic rings. The summed E-state index contributed by atoms with van der Waals surface area (Å²) in [5.74, 6) is 0.452. The second-order valence-electron chi connectivity index (χ2n) is 6.12. The van der Waals surface area contributed by atoms with E-state index >= 15 is 0 Å². The molecule has 0 spiro atoms. The standard InChI is InChI=1S/C17H19Cl2N/c1-17(9-8-14(18)15(19)10-17)13-6-7-16(20)12-5-3-2-4-11(12)13/h2-5,8,10,13,16H,6-7,9,20H2,1H3/t13-,16-,17?/m1/s1. The van der Waals surface area contributed by atoms with Crippen LogP contribution in [0.4, 0.5) is 0 Å². The average Bonchev–Trinajstić information content (AvgIpc) is 2.44. The Balaban J connectivity index is 2.02. The number of rotatable bonds is 1. The van der Waals surface area contributed by atoms with Crippen LogP contribution in [-0.2, 0) is 0 Å². The van der Waals surface area contributed by atoms with Crippen molar-refractivity contribution in [1.82, 2.24) is 0 Å². The van der Waals surface area contributed by atoms with E-state index in [0.29, 0.717) is 16.0 Å². The smallest absolute Gasteiger partial charge is 0.0555 e. The Labute approximate surface area is 130 Å². The summed E-state index contributed by atoms with van der Waals surface area (Å²) < 4.78 is 0. The molecule has 2 aliphatic carbocycles. The lowest BCUT2D eigenvalue weighted by Crippen LogP contribution is -2.31. The molecule has 3 heteroatoms. The molecule has 20 heavy (non-hydrogen) atoms. The molecule has 106 valence electrons. The molecule has 0 saturated heterocycles. The van der Waals surface area contributed by atoms with Crippen molar-refractivity contribution in [2.24, 2.45) is 11.1 Å². The zero-order chi connectivity index (χ0) is 14.3. The van der Waals surface area contributed by atoms with Crippen LogP contribution in [0.2, 0.25) is 0 Å². The number of fused-ring (bicyclic) bond motifs is 1. The molecule has 0 bridgehead atoms. The van der Waals surface area contributed by atoms with Crippen LogP contribution in [0.5, 0.6) is 0 Å². The number of nitrogens with two attached hydrogens (primary N) is 1. The normalized spacial score (nSPS) is 33.2. The lowest BCUT2D eigenvalue weighted by Gasteiger charge is -2.41. The molecule has 1 aromatic rings. The Morgan fingerprint density at radius 2 is 1.80 bits per heavy atom. The fourth-order valence-electron chi connectivity index (χ4n) is 3.58. The van der Waals surface area contributed by atoms with Gasteiger partial charge in [0.25, 0.3) is 0 Å². The first-order valence-corrected chi connectivity index (χ1v) is 7.85. The monoisotopic (exact) mass is 307 g/mol. The quantitative estimate of drug-likeness (QED) is 0.756. The molecule has 1 aromatic carbocycles. The molecule has 0 radical (unpaired) electrons. The molecule has 0 amide bonds. The van der Waals surface area contributed by atoms with Crippen LogP contribution in [0, 0.1) is 5.41 Å². The van der Waals surface area contributed by atoms with E-state index in [1.54, 1.807) is 0 Å². The molecule has 0 saturated carbocycles. The van der Waals surface area contributed by atoms with Gasteiger partial charge >= 0.3 is 0 Å². The van der Waals surface area contributed by atoms with Crippen LogP contribution in [0.3, 0.4) is 0 Å². The van der Waals surface area contributed by atoms with Gasteiger partial charge in [0.05, 0.1) is 10.1 Å². The summed E-state index contributed by atoms with van der Waals surface area (Å²) in [5.41, 5.74) is 8.94. The maximum Gasteiger partial charge on any atom is 0.0555 e. The molecule has 3 rings (SSSR count). The van der Waals surface area contributed by atoms with Gasteiger partial charge in [-0.05, 0) is 41.7 Å². The molecule has 0 aromatic heterocycles. The minimum atomic E-state index is 0.0196. The SMILES string of the molecule is CC1([C@@H]2CC[C@@H](N)c3ccccc32)C=C(Cl)C(Cl)=CC1. The van der Waals surface area contributed by atoms with Crippen LogP contribution in [-0.4, -0.2) is 0 Å². The van der Waals surface area contributed by atoms with E-state index in [1.807, 2.05) is 6.08 Å². The third-order valence-electron chi connectivity index (χ3n) is 4.74. The summed E-state index contributed by atoms with van der Waals surface area (Å²) in [6.07, 6.45) is 7.23. The van der Waals surface area contributed by atoms with E-state index in [2.05, 4.69) is 37.3 Å². The fourth-order valence-corrected chi connectivity index (χ4v) is 4.03. The largest absolute Gasteiger partial charge is 0.324 e. The van der Waals surface area contributed by atoms with Gasteiger partial charge in [-0.1, -0.05) is 66.5 Å². The van der Waals surface area contributed by atoms with Crippen molar-refractivity contribution in [3.8, 4) is 0 Å². The van der Waals surface area contributed by atoms with E-state index in [-0.39, 0.29) is 11.5 Å². The lowest BCUT2D eigenvalue weighted by molar-refractivity contribution is 0.291. The van der Waals surface area contributed by atoms with E-state index in [1.165, 1.54) is 11.1 Å². The van der Waals surface area contributed by atoms with Gasteiger partial charge in [0.15, 0.2) is 0 Å². The molecule has 0 aliphatic heterocycles. The molecule has 0 fully saturated rings. The van der Waals surface area contributed by atoms with Crippen LogP contribution in [0.15, 0.2) is 46.5 Å². The van der Waals surface area contributed by atoms with Crippen molar-refractivity contribution in [1.29, 1.82) is 0 Å². The first-order valence-electron chi connectivity index (χ1n) is 7.10. The van der Waals surface area contributed by atoms with Gasteiger partial charge in [-0.15, -0.1) is 0 Å². The maximum atomic E-state index is 6.26. The van der Waals surface area contributed by atoms with Crippen molar-refractivity contribution in [2.45, 2.75) is 38.1 Å². The van der Waals surface area contributed by atoms with Gasteiger partial charge in [0, 0.05) is 6.04 Å². The van der Waals surface area contributed by atoms with Crippen LogP contribution >= 0.6 is 23.2 Å². The van der Waals surface area contributed by atoms with Crippen LogP contribution in [0.25, 0.3) is 0 Å². The van der Waals surface area contributed by atoms with Gasteiger partial charge in [-0.3, -0.25) is 0 Å². The maximum absolute atomic E-state index is 6.26. The third-order valence-corrected chi connectivity index (χ3v) is 5.51. The summed E-state index contributed by atoms with van der Waals surface area (Å²) >= 11 is 12.4. The summed E-state index contributed by atoms with van der Waals surface area (Å²) in [6.45, 7) is 2.27. The molecule has 0 heterocycles. The zero-order valence-electron chi connectivity index (χ0n) is 11.6. The van der Waals surface area contributed by atoms with Crippen LogP contribution < -0.4 is 5.73 Å². The van der Waals surface area contributed by atoms with E-state index in [9.17, 15) is 0 Å². The average molecular weight is 308 g/mol. The predicted molar refractivity (Wildman–Crippen MR) is 85.9 cm³/mol. The topological polar surface area (TPSA) is 26.0 Å². The number of halogens is 2. The van der Waals surface area contributed by atoms with Gasteiger partial charge in [0.2, 0.25) is 0 Å². The summed E-state index contributed by atoms with van der Waals surface area (Å²) in [7, 11) is 0. The second kappa shape index (κ2) is 5.22. The minimum absolute atomic E-state index is 0.0196. The third kappa shape index (κ3) is 2.32. The van der Waals surface area contributed by atoms with E-state index in [0.717, 1.165) is 19.3 Å². The Bertz CT molecular complexity index is 590.